The van der Waals surface area contributed by atoms with Crippen molar-refractivity contribution in [3.05, 3.63) is 90.0 Å². The molecule has 0 fully saturated rings. The van der Waals surface area contributed by atoms with Crippen LogP contribution in [0.4, 0.5) is 11.4 Å². The van der Waals surface area contributed by atoms with E-state index in [-0.39, 0.29) is 17.2 Å². The Morgan fingerprint density at radius 3 is 1.87 bits per heavy atom. The summed E-state index contributed by atoms with van der Waals surface area (Å²) in [5, 5.41) is 5.69. The van der Waals surface area contributed by atoms with Crippen LogP contribution >= 0.6 is 0 Å². The number of para-hydroxylation sites is 1. The number of hydrogen-bond acceptors (Lipinski definition) is 3. The summed E-state index contributed by atoms with van der Waals surface area (Å²) in [6.07, 6.45) is -0.641. The number of benzene rings is 3. The second kappa shape index (κ2) is 9.47. The number of amides is 2. The molecule has 5 heteroatoms. The van der Waals surface area contributed by atoms with Gasteiger partial charge in [0, 0.05) is 16.9 Å². The molecule has 0 aliphatic carbocycles. The Morgan fingerprint density at radius 1 is 0.774 bits per heavy atom. The zero-order chi connectivity index (χ0) is 22.4. The quantitative estimate of drug-likeness (QED) is 0.546. The van der Waals surface area contributed by atoms with Gasteiger partial charge < -0.3 is 15.4 Å². The van der Waals surface area contributed by atoms with Gasteiger partial charge in [-0.15, -0.1) is 0 Å². The van der Waals surface area contributed by atoms with Crippen molar-refractivity contribution in [3.8, 4) is 5.75 Å². The number of hydrogen-bond donors (Lipinski definition) is 2. The standard InChI is InChI=1S/C26H28N2O3/c1-18(31-23-8-6-5-7-9-23)24(29)27-21-14-16-22(17-15-21)28-25(30)19-10-12-20(13-11-19)26(2,3)4/h5-18H,1-4H3,(H,27,29)(H,28,30). The third-order valence-corrected chi connectivity index (χ3v) is 4.85. The van der Waals surface area contributed by atoms with Gasteiger partial charge in [0.05, 0.1) is 0 Å². The molecule has 0 saturated heterocycles. The Kier molecular flexibility index (Phi) is 6.75. The molecule has 3 aromatic rings. The second-order valence-electron chi connectivity index (χ2n) is 8.42. The van der Waals surface area contributed by atoms with E-state index >= 15 is 0 Å². The molecule has 0 aliphatic heterocycles. The van der Waals surface area contributed by atoms with E-state index in [1.165, 1.54) is 5.56 Å². The minimum Gasteiger partial charge on any atom is -0.481 e. The van der Waals surface area contributed by atoms with Gasteiger partial charge in [0.15, 0.2) is 6.10 Å². The van der Waals surface area contributed by atoms with E-state index in [1.54, 1.807) is 43.3 Å². The van der Waals surface area contributed by atoms with Gasteiger partial charge in [-0.25, -0.2) is 0 Å². The molecule has 1 atom stereocenters. The van der Waals surface area contributed by atoms with Crippen molar-refractivity contribution in [2.24, 2.45) is 0 Å². The highest BCUT2D eigenvalue weighted by atomic mass is 16.5. The van der Waals surface area contributed by atoms with Crippen LogP contribution in [0.1, 0.15) is 43.6 Å². The first-order valence-electron chi connectivity index (χ1n) is 10.3. The summed E-state index contributed by atoms with van der Waals surface area (Å²) in [6, 6.07) is 23.8. The monoisotopic (exact) mass is 416 g/mol. The summed E-state index contributed by atoms with van der Waals surface area (Å²) in [7, 11) is 0. The molecule has 2 N–H and O–H groups in total. The normalized spacial score (nSPS) is 12.0. The van der Waals surface area contributed by atoms with Crippen LogP contribution in [-0.2, 0) is 10.2 Å². The van der Waals surface area contributed by atoms with E-state index in [2.05, 4.69) is 31.4 Å². The van der Waals surface area contributed by atoms with E-state index in [9.17, 15) is 9.59 Å². The molecule has 0 spiro atoms. The number of rotatable bonds is 6. The lowest BCUT2D eigenvalue weighted by molar-refractivity contribution is -0.122. The summed E-state index contributed by atoms with van der Waals surface area (Å²) in [6.45, 7) is 8.10. The van der Waals surface area contributed by atoms with Crippen LogP contribution in [0.5, 0.6) is 5.75 Å². The highest BCUT2D eigenvalue weighted by Crippen LogP contribution is 2.23. The Morgan fingerprint density at radius 2 is 1.32 bits per heavy atom. The molecular weight excluding hydrogens is 388 g/mol. The Bertz CT molecular complexity index is 1020. The topological polar surface area (TPSA) is 67.4 Å². The van der Waals surface area contributed by atoms with Crippen molar-refractivity contribution in [2.75, 3.05) is 10.6 Å². The Labute approximate surface area is 183 Å². The largest absolute Gasteiger partial charge is 0.481 e. The highest BCUT2D eigenvalue weighted by Gasteiger charge is 2.16. The first kappa shape index (κ1) is 22.1. The molecule has 160 valence electrons. The molecular formula is C26H28N2O3. The van der Waals surface area contributed by atoms with Gasteiger partial charge >= 0.3 is 0 Å². The smallest absolute Gasteiger partial charge is 0.265 e. The van der Waals surface area contributed by atoms with Gasteiger partial charge in [-0.3, -0.25) is 9.59 Å². The summed E-state index contributed by atoms with van der Waals surface area (Å²) in [5.41, 5.74) is 3.09. The van der Waals surface area contributed by atoms with Crippen molar-refractivity contribution in [1.82, 2.24) is 0 Å². The van der Waals surface area contributed by atoms with Gasteiger partial charge in [-0.2, -0.15) is 0 Å². The van der Waals surface area contributed by atoms with Crippen LogP contribution in [0, 0.1) is 0 Å². The second-order valence-corrected chi connectivity index (χ2v) is 8.42. The lowest BCUT2D eigenvalue weighted by Gasteiger charge is -2.19. The minimum absolute atomic E-state index is 0.0406. The molecule has 0 heterocycles. The zero-order valence-electron chi connectivity index (χ0n) is 18.3. The first-order valence-corrected chi connectivity index (χ1v) is 10.3. The van der Waals surface area contributed by atoms with Crippen LogP contribution < -0.4 is 15.4 Å². The molecule has 1 unspecified atom stereocenters. The number of carbonyl (C=O) groups excluding carboxylic acids is 2. The van der Waals surface area contributed by atoms with Crippen molar-refractivity contribution in [2.45, 2.75) is 39.2 Å². The first-order chi connectivity index (χ1) is 14.7. The highest BCUT2D eigenvalue weighted by molar-refractivity contribution is 6.04. The lowest BCUT2D eigenvalue weighted by Crippen LogP contribution is -2.30. The molecule has 5 nitrogen and oxygen atoms in total. The van der Waals surface area contributed by atoms with Crippen molar-refractivity contribution in [3.63, 3.8) is 0 Å². The van der Waals surface area contributed by atoms with E-state index in [0.29, 0.717) is 22.7 Å². The third kappa shape index (κ3) is 6.19. The van der Waals surface area contributed by atoms with Gasteiger partial charge in [0.25, 0.3) is 11.8 Å². The summed E-state index contributed by atoms with van der Waals surface area (Å²) in [5.74, 6) is 0.209. The SMILES string of the molecule is CC(Oc1ccccc1)C(=O)Nc1ccc(NC(=O)c2ccc(C(C)(C)C)cc2)cc1. The van der Waals surface area contributed by atoms with Crippen LogP contribution in [-0.4, -0.2) is 17.9 Å². The van der Waals surface area contributed by atoms with Crippen LogP contribution in [0.25, 0.3) is 0 Å². The summed E-state index contributed by atoms with van der Waals surface area (Å²) < 4.78 is 5.63. The van der Waals surface area contributed by atoms with E-state index in [1.807, 2.05) is 42.5 Å². The van der Waals surface area contributed by atoms with Crippen LogP contribution in [0.3, 0.4) is 0 Å². The number of ether oxygens (including phenoxy) is 1. The maximum Gasteiger partial charge on any atom is 0.265 e. The average molecular weight is 417 g/mol. The molecule has 31 heavy (non-hydrogen) atoms. The summed E-state index contributed by atoms with van der Waals surface area (Å²) in [4.78, 5) is 24.9. The maximum atomic E-state index is 12.5. The fourth-order valence-corrected chi connectivity index (χ4v) is 2.96. The van der Waals surface area contributed by atoms with Crippen molar-refractivity contribution >= 4 is 23.2 Å². The molecule has 3 rings (SSSR count). The number of nitrogens with one attached hydrogen (secondary N) is 2. The molecule has 0 aromatic heterocycles. The van der Waals surface area contributed by atoms with Crippen LogP contribution in [0.2, 0.25) is 0 Å². The van der Waals surface area contributed by atoms with E-state index in [0.717, 1.165) is 0 Å². The maximum absolute atomic E-state index is 12.5. The third-order valence-electron chi connectivity index (χ3n) is 4.85. The molecule has 0 bridgehead atoms. The van der Waals surface area contributed by atoms with Crippen molar-refractivity contribution < 1.29 is 14.3 Å². The van der Waals surface area contributed by atoms with E-state index < -0.39 is 6.10 Å². The Hall–Kier alpha value is -3.60. The minimum atomic E-state index is -0.641. The predicted molar refractivity (Wildman–Crippen MR) is 125 cm³/mol. The fraction of sp³-hybridized carbons (Fsp3) is 0.231. The van der Waals surface area contributed by atoms with Gasteiger partial charge in [-0.1, -0.05) is 51.1 Å². The Balaban J connectivity index is 1.56. The predicted octanol–water partition coefficient (Wildman–Crippen LogP) is 5.64. The molecule has 0 saturated carbocycles. The zero-order valence-corrected chi connectivity index (χ0v) is 18.3. The van der Waals surface area contributed by atoms with E-state index in [4.69, 9.17) is 4.74 Å². The summed E-state index contributed by atoms with van der Waals surface area (Å²) >= 11 is 0. The number of anilines is 2. The average Bonchev–Trinajstić information content (AvgIpc) is 2.75. The van der Waals surface area contributed by atoms with Gasteiger partial charge in [0.1, 0.15) is 5.75 Å². The van der Waals surface area contributed by atoms with Gasteiger partial charge in [-0.05, 0) is 66.4 Å². The van der Waals surface area contributed by atoms with Crippen LogP contribution in [0.15, 0.2) is 78.9 Å². The molecule has 3 aromatic carbocycles. The molecule has 2 amide bonds. The fourth-order valence-electron chi connectivity index (χ4n) is 2.96. The molecule has 0 aliphatic rings. The lowest BCUT2D eigenvalue weighted by atomic mass is 9.87. The molecule has 0 radical (unpaired) electrons. The van der Waals surface area contributed by atoms with Gasteiger partial charge in [0.2, 0.25) is 0 Å². The van der Waals surface area contributed by atoms with Crippen molar-refractivity contribution in [1.29, 1.82) is 0 Å². The number of carbonyl (C=O) groups is 2.